The molecule has 0 saturated carbocycles. The van der Waals surface area contributed by atoms with Gasteiger partial charge in [-0.1, -0.05) is 23.4 Å². The fourth-order valence-corrected chi connectivity index (χ4v) is 6.41. The molecule has 0 spiro atoms. The van der Waals surface area contributed by atoms with Crippen LogP contribution in [0.3, 0.4) is 0 Å². The molecule has 6 nitrogen and oxygen atoms in total. The second-order valence-corrected chi connectivity index (χ2v) is 10.9. The van der Waals surface area contributed by atoms with Crippen molar-refractivity contribution in [1.82, 2.24) is 14.2 Å². The molecule has 0 bridgehead atoms. The molecule has 3 rings (SSSR count). The zero-order chi connectivity index (χ0) is 21.2. The van der Waals surface area contributed by atoms with Gasteiger partial charge in [-0.2, -0.15) is 17.5 Å². The van der Waals surface area contributed by atoms with Crippen molar-refractivity contribution in [2.75, 3.05) is 31.9 Å². The van der Waals surface area contributed by atoms with E-state index in [1.54, 1.807) is 0 Å². The first-order valence-electron chi connectivity index (χ1n) is 8.27. The highest BCUT2D eigenvalue weighted by Gasteiger charge is 2.32. The first-order valence-corrected chi connectivity index (χ1v) is 11.9. The molecule has 1 fully saturated rings. The summed E-state index contributed by atoms with van der Waals surface area (Å²) < 4.78 is 64.6. The van der Waals surface area contributed by atoms with E-state index in [9.17, 15) is 26.4 Å². The summed E-state index contributed by atoms with van der Waals surface area (Å²) in [5.41, 5.74) is -0.850. The number of aromatic nitrogens is 1. The van der Waals surface area contributed by atoms with Crippen molar-refractivity contribution in [3.63, 3.8) is 0 Å². The highest BCUT2D eigenvalue weighted by Crippen LogP contribution is 2.30. The van der Waals surface area contributed by atoms with Crippen molar-refractivity contribution in [3.8, 4) is 0 Å². The Balaban J connectivity index is 1.51. The molecule has 0 atom stereocenters. The van der Waals surface area contributed by atoms with Crippen LogP contribution in [0.1, 0.15) is 5.56 Å². The lowest BCUT2D eigenvalue weighted by Gasteiger charge is -2.33. The number of sulfonamides is 1. The molecular weight excluding hydrogens is 471 g/mol. The highest BCUT2D eigenvalue weighted by molar-refractivity contribution is 7.99. The largest absolute Gasteiger partial charge is 0.417 e. The fraction of sp³-hybridized carbons (Fsp3) is 0.375. The predicted molar refractivity (Wildman–Crippen MR) is 105 cm³/mol. The number of pyridine rings is 1. The molecule has 0 unspecified atom stereocenters. The van der Waals surface area contributed by atoms with Crippen molar-refractivity contribution in [1.29, 1.82) is 0 Å². The highest BCUT2D eigenvalue weighted by atomic mass is 35.5. The van der Waals surface area contributed by atoms with E-state index in [0.29, 0.717) is 9.36 Å². The zero-order valence-corrected chi connectivity index (χ0v) is 17.9. The van der Waals surface area contributed by atoms with Crippen molar-refractivity contribution in [2.45, 2.75) is 15.4 Å². The molecule has 1 saturated heterocycles. The van der Waals surface area contributed by atoms with Crippen LogP contribution in [0, 0.1) is 0 Å². The van der Waals surface area contributed by atoms with Gasteiger partial charge < -0.3 is 4.90 Å². The summed E-state index contributed by atoms with van der Waals surface area (Å²) in [5, 5.41) is 0.308. The number of alkyl halides is 3. The third-order valence-corrected chi connectivity index (χ3v) is 8.67. The van der Waals surface area contributed by atoms with Gasteiger partial charge >= 0.3 is 6.18 Å². The molecule has 1 amide bonds. The lowest BCUT2D eigenvalue weighted by Crippen LogP contribution is -2.50. The molecule has 0 aliphatic carbocycles. The van der Waals surface area contributed by atoms with Gasteiger partial charge in [0.1, 0.15) is 4.21 Å². The van der Waals surface area contributed by atoms with Gasteiger partial charge in [-0.15, -0.1) is 11.3 Å². The fourth-order valence-electron chi connectivity index (χ4n) is 2.60. The standard InChI is InChI=1S/C16H15ClF3N3O3S3/c17-12-2-4-15(28-12)29(25,26)23-7-5-22(6-8-23)14(24)10-27-13-3-1-11(9-21-13)16(18,19)20/h1-4,9H,5-8,10H2. The Morgan fingerprint density at radius 3 is 2.38 bits per heavy atom. The van der Waals surface area contributed by atoms with E-state index >= 15 is 0 Å². The summed E-state index contributed by atoms with van der Waals surface area (Å²) in [6, 6.07) is 5.11. The first-order chi connectivity index (χ1) is 13.6. The molecule has 1 aliphatic rings. The van der Waals surface area contributed by atoms with E-state index in [1.165, 1.54) is 27.4 Å². The lowest BCUT2D eigenvalue weighted by molar-refractivity contribution is -0.138. The van der Waals surface area contributed by atoms with Crippen LogP contribution in [0.2, 0.25) is 4.34 Å². The minimum Gasteiger partial charge on any atom is -0.339 e. The summed E-state index contributed by atoms with van der Waals surface area (Å²) in [5.74, 6) is -0.223. The summed E-state index contributed by atoms with van der Waals surface area (Å²) in [6.45, 7) is 0.788. The number of piperazine rings is 1. The Kier molecular flexibility index (Phi) is 6.78. The molecule has 1 aliphatic heterocycles. The van der Waals surface area contributed by atoms with Crippen molar-refractivity contribution in [2.24, 2.45) is 0 Å². The van der Waals surface area contributed by atoms with Gasteiger partial charge in [0.25, 0.3) is 10.0 Å². The number of hydrogen-bond donors (Lipinski definition) is 0. The minimum absolute atomic E-state index is 0.00560. The molecule has 158 valence electrons. The van der Waals surface area contributed by atoms with Gasteiger partial charge in [-0.3, -0.25) is 4.79 Å². The van der Waals surface area contributed by atoms with Crippen LogP contribution in [0.25, 0.3) is 0 Å². The van der Waals surface area contributed by atoms with Gasteiger partial charge in [-0.25, -0.2) is 13.4 Å². The van der Waals surface area contributed by atoms with Crippen LogP contribution >= 0.6 is 34.7 Å². The average Bonchev–Trinajstić information content (AvgIpc) is 3.13. The van der Waals surface area contributed by atoms with Crippen LogP contribution < -0.4 is 0 Å². The van der Waals surface area contributed by atoms with Gasteiger partial charge in [-0.05, 0) is 24.3 Å². The lowest BCUT2D eigenvalue weighted by atomic mass is 10.3. The number of halogens is 4. The molecule has 2 aromatic rings. The van der Waals surface area contributed by atoms with E-state index in [4.69, 9.17) is 11.6 Å². The number of carbonyl (C=O) groups is 1. The SMILES string of the molecule is O=C(CSc1ccc(C(F)(F)F)cn1)N1CCN(S(=O)(=O)c2ccc(Cl)s2)CC1. The maximum absolute atomic E-state index is 12.6. The van der Waals surface area contributed by atoms with E-state index in [0.717, 1.165) is 35.4 Å². The zero-order valence-electron chi connectivity index (χ0n) is 14.7. The topological polar surface area (TPSA) is 70.6 Å². The Labute approximate surface area is 178 Å². The maximum atomic E-state index is 12.6. The summed E-state index contributed by atoms with van der Waals surface area (Å²) in [7, 11) is -3.64. The molecule has 0 aromatic carbocycles. The second kappa shape index (κ2) is 8.80. The van der Waals surface area contributed by atoms with Crippen LogP contribution in [0.15, 0.2) is 39.7 Å². The quantitative estimate of drug-likeness (QED) is 0.607. The van der Waals surface area contributed by atoms with E-state index in [2.05, 4.69) is 4.98 Å². The molecule has 29 heavy (non-hydrogen) atoms. The monoisotopic (exact) mass is 485 g/mol. The third kappa shape index (κ3) is 5.43. The van der Waals surface area contributed by atoms with Crippen LogP contribution in [0.5, 0.6) is 0 Å². The Morgan fingerprint density at radius 2 is 1.86 bits per heavy atom. The van der Waals surface area contributed by atoms with Crippen molar-refractivity contribution in [3.05, 3.63) is 40.4 Å². The number of thioether (sulfide) groups is 1. The van der Waals surface area contributed by atoms with Crippen LogP contribution in [-0.2, 0) is 21.0 Å². The molecule has 3 heterocycles. The van der Waals surface area contributed by atoms with Gasteiger partial charge in [0.15, 0.2) is 0 Å². The second-order valence-electron chi connectivity index (χ2n) is 6.01. The first kappa shape index (κ1) is 22.3. The van der Waals surface area contributed by atoms with Crippen LogP contribution in [-0.4, -0.2) is 60.4 Å². The van der Waals surface area contributed by atoms with Crippen LogP contribution in [0.4, 0.5) is 13.2 Å². The summed E-state index contributed by atoms with van der Waals surface area (Å²) >= 11 is 7.82. The van der Waals surface area contributed by atoms with Crippen molar-refractivity contribution >= 4 is 50.6 Å². The molecule has 0 N–H and O–H groups in total. The number of amides is 1. The smallest absolute Gasteiger partial charge is 0.339 e. The minimum atomic E-state index is -4.46. The van der Waals surface area contributed by atoms with E-state index < -0.39 is 21.8 Å². The molecule has 13 heteroatoms. The molecule has 2 aromatic heterocycles. The normalized spacial score (nSPS) is 16.2. The van der Waals surface area contributed by atoms with Crippen molar-refractivity contribution < 1.29 is 26.4 Å². The Hall–Kier alpha value is -1.34. The Bertz CT molecular complexity index is 973. The summed E-state index contributed by atoms with van der Waals surface area (Å²) in [6.07, 6.45) is -3.73. The number of carbonyl (C=O) groups excluding carboxylic acids is 1. The number of hydrogen-bond acceptors (Lipinski definition) is 6. The van der Waals surface area contributed by atoms with E-state index in [1.807, 2.05) is 0 Å². The summed E-state index contributed by atoms with van der Waals surface area (Å²) in [4.78, 5) is 17.6. The number of nitrogens with zero attached hydrogens (tertiary/aromatic N) is 3. The number of thiophene rings is 1. The average molecular weight is 486 g/mol. The van der Waals surface area contributed by atoms with Gasteiger partial charge in [0.05, 0.1) is 20.7 Å². The third-order valence-electron chi connectivity index (χ3n) is 4.14. The molecular formula is C16H15ClF3N3O3S3. The van der Waals surface area contributed by atoms with E-state index in [-0.39, 0.29) is 42.0 Å². The number of rotatable bonds is 5. The molecule has 0 radical (unpaired) electrons. The predicted octanol–water partition coefficient (Wildman–Crippen LogP) is 3.44. The van der Waals surface area contributed by atoms with Gasteiger partial charge in [0, 0.05) is 32.4 Å². The Morgan fingerprint density at radius 1 is 1.17 bits per heavy atom. The van der Waals surface area contributed by atoms with Gasteiger partial charge in [0.2, 0.25) is 5.91 Å². The maximum Gasteiger partial charge on any atom is 0.417 e.